The maximum Gasteiger partial charge on any atom is 0.307 e. The van der Waals surface area contributed by atoms with Crippen LogP contribution in [0, 0.1) is 17.3 Å². The lowest BCUT2D eigenvalue weighted by atomic mass is 10.1. The van der Waals surface area contributed by atoms with Crippen LogP contribution in [-0.2, 0) is 9.63 Å². The molecular formula is C12H19NO3. The molecule has 1 aliphatic rings. The topological polar surface area (TPSA) is 58.9 Å². The van der Waals surface area contributed by atoms with Gasteiger partial charge < -0.3 is 9.94 Å². The molecule has 0 radical (unpaired) electrons. The minimum Gasteiger partial charge on any atom is -0.481 e. The van der Waals surface area contributed by atoms with Crippen molar-refractivity contribution in [3.8, 4) is 0 Å². The lowest BCUT2D eigenvalue weighted by Crippen LogP contribution is -2.03. The highest BCUT2D eigenvalue weighted by atomic mass is 16.6. The number of hydrogen-bond donors (Lipinski definition) is 1. The van der Waals surface area contributed by atoms with E-state index in [0.29, 0.717) is 6.61 Å². The normalized spacial score (nSPS) is 28.1. The van der Waals surface area contributed by atoms with Crippen LogP contribution in [0.2, 0.25) is 0 Å². The smallest absolute Gasteiger partial charge is 0.307 e. The van der Waals surface area contributed by atoms with Crippen LogP contribution in [0.15, 0.2) is 16.8 Å². The molecule has 0 amide bonds. The van der Waals surface area contributed by atoms with Crippen molar-refractivity contribution in [3.63, 3.8) is 0 Å². The van der Waals surface area contributed by atoms with Gasteiger partial charge >= 0.3 is 5.97 Å². The van der Waals surface area contributed by atoms with E-state index in [1.807, 2.05) is 33.8 Å². The number of aliphatic carboxylic acids is 1. The largest absolute Gasteiger partial charge is 0.481 e. The van der Waals surface area contributed by atoms with E-state index in [4.69, 9.17) is 9.94 Å². The van der Waals surface area contributed by atoms with Crippen LogP contribution in [0.1, 0.15) is 27.7 Å². The minimum absolute atomic E-state index is 0.0954. The summed E-state index contributed by atoms with van der Waals surface area (Å²) < 4.78 is 0. The summed E-state index contributed by atoms with van der Waals surface area (Å²) in [6.07, 6.45) is 3.58. The first-order valence-corrected chi connectivity index (χ1v) is 5.47. The molecule has 0 unspecified atom stereocenters. The van der Waals surface area contributed by atoms with Crippen LogP contribution in [0.5, 0.6) is 0 Å². The zero-order valence-electron chi connectivity index (χ0n) is 10.2. The first-order chi connectivity index (χ1) is 7.41. The number of carboxylic acid groups (broad SMARTS) is 1. The van der Waals surface area contributed by atoms with Gasteiger partial charge in [0.1, 0.15) is 6.61 Å². The molecule has 0 bridgehead atoms. The third-order valence-corrected chi connectivity index (χ3v) is 3.08. The molecule has 1 saturated carbocycles. The van der Waals surface area contributed by atoms with Crippen molar-refractivity contribution in [1.29, 1.82) is 0 Å². The van der Waals surface area contributed by atoms with Crippen molar-refractivity contribution >= 4 is 12.2 Å². The van der Waals surface area contributed by atoms with E-state index in [-0.39, 0.29) is 17.3 Å². The molecule has 1 N–H and O–H groups in total. The lowest BCUT2D eigenvalue weighted by Gasteiger charge is -1.97. The van der Waals surface area contributed by atoms with E-state index in [2.05, 4.69) is 5.16 Å². The molecule has 0 aromatic carbocycles. The molecule has 0 aliphatic heterocycles. The third-order valence-electron chi connectivity index (χ3n) is 3.08. The highest BCUT2D eigenvalue weighted by molar-refractivity contribution is 5.80. The van der Waals surface area contributed by atoms with Gasteiger partial charge in [0, 0.05) is 0 Å². The number of nitrogens with zero attached hydrogens (tertiary/aromatic N) is 1. The summed E-state index contributed by atoms with van der Waals surface area (Å²) in [5, 5.41) is 12.7. The Bertz CT molecular complexity index is 331. The van der Waals surface area contributed by atoms with E-state index in [0.717, 1.165) is 5.57 Å². The van der Waals surface area contributed by atoms with Crippen LogP contribution in [0.3, 0.4) is 0 Å². The second-order valence-electron chi connectivity index (χ2n) is 4.73. The summed E-state index contributed by atoms with van der Waals surface area (Å²) in [5.74, 6) is -0.901. The molecule has 0 heterocycles. The molecule has 1 aliphatic carbocycles. The Kier molecular flexibility index (Phi) is 3.73. The molecule has 1 rings (SSSR count). The van der Waals surface area contributed by atoms with Gasteiger partial charge in [-0.05, 0) is 30.8 Å². The zero-order valence-corrected chi connectivity index (χ0v) is 10.2. The highest BCUT2D eigenvalue weighted by Crippen LogP contribution is 2.59. The van der Waals surface area contributed by atoms with Crippen molar-refractivity contribution in [2.45, 2.75) is 27.7 Å². The van der Waals surface area contributed by atoms with Gasteiger partial charge in [-0.1, -0.05) is 25.1 Å². The minimum atomic E-state index is -0.721. The van der Waals surface area contributed by atoms with Crippen molar-refractivity contribution in [2.24, 2.45) is 22.4 Å². The van der Waals surface area contributed by atoms with Gasteiger partial charge in [-0.2, -0.15) is 0 Å². The molecule has 0 saturated heterocycles. The number of hydrogen-bond acceptors (Lipinski definition) is 3. The van der Waals surface area contributed by atoms with E-state index in [1.165, 1.54) is 0 Å². The molecule has 4 heteroatoms. The van der Waals surface area contributed by atoms with Gasteiger partial charge in [0.15, 0.2) is 0 Å². The fraction of sp³-hybridized carbons (Fsp3) is 0.667. The number of carboxylic acids is 1. The molecule has 1 fully saturated rings. The van der Waals surface area contributed by atoms with Gasteiger partial charge in [-0.15, -0.1) is 0 Å². The Labute approximate surface area is 96.0 Å². The SMILES string of the molecule is CCON=C/C(C)=C/[C@@H]1[C@@H](C(=O)O)C1(C)C. The lowest BCUT2D eigenvalue weighted by molar-refractivity contribution is -0.139. The van der Waals surface area contributed by atoms with Crippen LogP contribution in [0.25, 0.3) is 0 Å². The van der Waals surface area contributed by atoms with Crippen LogP contribution >= 0.6 is 0 Å². The molecule has 16 heavy (non-hydrogen) atoms. The standard InChI is InChI=1S/C12H19NO3/c1-5-16-13-7-8(2)6-9-10(11(14)15)12(9,3)4/h6-7,9-10H,5H2,1-4H3,(H,14,15)/b8-6+,13-7?/t9-,10+/m1/s1. The van der Waals surface area contributed by atoms with Crippen molar-refractivity contribution in [1.82, 2.24) is 0 Å². The maximum absolute atomic E-state index is 10.9. The molecule has 0 aromatic rings. The van der Waals surface area contributed by atoms with Gasteiger partial charge in [0.05, 0.1) is 12.1 Å². The second-order valence-corrected chi connectivity index (χ2v) is 4.73. The van der Waals surface area contributed by atoms with Gasteiger partial charge in [-0.25, -0.2) is 0 Å². The van der Waals surface area contributed by atoms with Gasteiger partial charge in [0.2, 0.25) is 0 Å². The fourth-order valence-electron chi connectivity index (χ4n) is 1.98. The van der Waals surface area contributed by atoms with E-state index in [1.54, 1.807) is 6.21 Å². The van der Waals surface area contributed by atoms with Crippen molar-refractivity contribution in [3.05, 3.63) is 11.6 Å². The number of oxime groups is 1. The summed E-state index contributed by atoms with van der Waals surface area (Å²) in [7, 11) is 0. The Hall–Kier alpha value is -1.32. The second kappa shape index (κ2) is 4.68. The maximum atomic E-state index is 10.9. The average Bonchev–Trinajstić information content (AvgIpc) is 2.68. The first-order valence-electron chi connectivity index (χ1n) is 5.47. The summed E-state index contributed by atoms with van der Waals surface area (Å²) >= 11 is 0. The first kappa shape index (κ1) is 12.7. The molecule has 2 atom stereocenters. The molecular weight excluding hydrogens is 206 g/mol. The zero-order chi connectivity index (χ0) is 12.3. The molecule has 0 aromatic heterocycles. The molecule has 90 valence electrons. The summed E-state index contributed by atoms with van der Waals surface area (Å²) in [4.78, 5) is 15.8. The van der Waals surface area contributed by atoms with E-state index in [9.17, 15) is 4.79 Å². The Balaban J connectivity index is 2.61. The predicted octanol–water partition coefficient (Wildman–Crippen LogP) is 2.31. The molecule has 0 spiro atoms. The van der Waals surface area contributed by atoms with Crippen molar-refractivity contribution < 1.29 is 14.7 Å². The third kappa shape index (κ3) is 2.62. The number of allylic oxidation sites excluding steroid dienone is 2. The average molecular weight is 225 g/mol. The quantitative estimate of drug-likeness (QED) is 0.577. The fourth-order valence-corrected chi connectivity index (χ4v) is 1.98. The summed E-state index contributed by atoms with van der Waals surface area (Å²) in [5.41, 5.74) is 0.794. The van der Waals surface area contributed by atoms with Gasteiger partial charge in [0.25, 0.3) is 0 Å². The van der Waals surface area contributed by atoms with Gasteiger partial charge in [-0.3, -0.25) is 4.79 Å². The Morgan fingerprint density at radius 2 is 2.19 bits per heavy atom. The van der Waals surface area contributed by atoms with E-state index >= 15 is 0 Å². The molecule has 4 nitrogen and oxygen atoms in total. The Morgan fingerprint density at radius 1 is 1.56 bits per heavy atom. The number of carbonyl (C=O) groups is 1. The summed E-state index contributed by atoms with van der Waals surface area (Å²) in [6.45, 7) is 8.24. The van der Waals surface area contributed by atoms with E-state index < -0.39 is 5.97 Å². The van der Waals surface area contributed by atoms with Crippen LogP contribution in [-0.4, -0.2) is 23.9 Å². The van der Waals surface area contributed by atoms with Crippen LogP contribution < -0.4 is 0 Å². The number of rotatable bonds is 5. The predicted molar refractivity (Wildman–Crippen MR) is 62.3 cm³/mol. The summed E-state index contributed by atoms with van der Waals surface area (Å²) in [6, 6.07) is 0. The Morgan fingerprint density at radius 3 is 2.62 bits per heavy atom. The van der Waals surface area contributed by atoms with Crippen LogP contribution in [0.4, 0.5) is 0 Å². The van der Waals surface area contributed by atoms with Crippen molar-refractivity contribution in [2.75, 3.05) is 6.61 Å². The monoisotopic (exact) mass is 225 g/mol. The highest BCUT2D eigenvalue weighted by Gasteiger charge is 2.60.